The lowest BCUT2D eigenvalue weighted by molar-refractivity contribution is 0.0287. The average Bonchev–Trinajstić information content (AvgIpc) is 3.02. The number of cyclic esters (lactones) is 1. The van der Waals surface area contributed by atoms with Crippen molar-refractivity contribution in [3.63, 3.8) is 0 Å². The number of nitrogens with zero attached hydrogens (tertiary/aromatic N) is 1. The van der Waals surface area contributed by atoms with Gasteiger partial charge in [0.25, 0.3) is 0 Å². The number of benzene rings is 1. The zero-order chi connectivity index (χ0) is 14.2. The van der Waals surface area contributed by atoms with Crippen LogP contribution in [-0.2, 0) is 11.3 Å². The zero-order valence-electron chi connectivity index (χ0n) is 12.2. The molecule has 2 saturated heterocycles. The van der Waals surface area contributed by atoms with Crippen LogP contribution in [0, 0.1) is 12.8 Å². The standard InChI is InChI=1S/C16H22N2O2/c1-12-3-5-13(6-4-12)10-18-11-16(2,20-15(18)19)14-7-8-17-9-14/h3-6,14,17H,7-11H2,1-2H3. The second-order valence-electron chi connectivity index (χ2n) is 6.21. The Kier molecular flexibility index (Phi) is 3.42. The molecule has 2 heterocycles. The van der Waals surface area contributed by atoms with Crippen LogP contribution in [-0.4, -0.2) is 36.2 Å². The summed E-state index contributed by atoms with van der Waals surface area (Å²) in [6.45, 7) is 7.43. The third-order valence-corrected chi connectivity index (χ3v) is 4.50. The van der Waals surface area contributed by atoms with Gasteiger partial charge in [-0.3, -0.25) is 4.90 Å². The lowest BCUT2D eigenvalue weighted by atomic mass is 9.88. The largest absolute Gasteiger partial charge is 0.441 e. The fourth-order valence-electron chi connectivity index (χ4n) is 3.16. The first-order valence-electron chi connectivity index (χ1n) is 7.31. The van der Waals surface area contributed by atoms with Gasteiger partial charge >= 0.3 is 6.09 Å². The summed E-state index contributed by atoms with van der Waals surface area (Å²) >= 11 is 0. The molecule has 1 aromatic rings. The maximum Gasteiger partial charge on any atom is 0.410 e. The summed E-state index contributed by atoms with van der Waals surface area (Å²) in [5.74, 6) is 0.425. The van der Waals surface area contributed by atoms with Gasteiger partial charge in [0, 0.05) is 19.0 Å². The number of rotatable bonds is 3. The van der Waals surface area contributed by atoms with Crippen molar-refractivity contribution in [1.29, 1.82) is 0 Å². The lowest BCUT2D eigenvalue weighted by Gasteiger charge is -2.28. The van der Waals surface area contributed by atoms with E-state index >= 15 is 0 Å². The third kappa shape index (κ3) is 2.52. The van der Waals surface area contributed by atoms with Crippen LogP contribution in [0.1, 0.15) is 24.5 Å². The van der Waals surface area contributed by atoms with E-state index in [4.69, 9.17) is 4.74 Å². The first-order chi connectivity index (χ1) is 9.57. The summed E-state index contributed by atoms with van der Waals surface area (Å²) in [7, 11) is 0. The first-order valence-corrected chi connectivity index (χ1v) is 7.31. The first kappa shape index (κ1) is 13.4. The molecule has 2 atom stereocenters. The van der Waals surface area contributed by atoms with Crippen LogP contribution in [0.5, 0.6) is 0 Å². The number of carbonyl (C=O) groups is 1. The van der Waals surface area contributed by atoms with Gasteiger partial charge in [0.1, 0.15) is 5.60 Å². The second-order valence-corrected chi connectivity index (χ2v) is 6.21. The van der Waals surface area contributed by atoms with Gasteiger partial charge in [-0.2, -0.15) is 0 Å². The Bertz CT molecular complexity index is 494. The Balaban J connectivity index is 1.69. The number of aryl methyl sites for hydroxylation is 1. The second kappa shape index (κ2) is 5.09. The minimum absolute atomic E-state index is 0.181. The quantitative estimate of drug-likeness (QED) is 0.919. The highest BCUT2D eigenvalue weighted by atomic mass is 16.6. The number of hydrogen-bond acceptors (Lipinski definition) is 3. The SMILES string of the molecule is Cc1ccc(CN2CC(C)(C3CCNC3)OC2=O)cc1. The summed E-state index contributed by atoms with van der Waals surface area (Å²) < 4.78 is 5.69. The van der Waals surface area contributed by atoms with Gasteiger partial charge < -0.3 is 10.1 Å². The summed E-state index contributed by atoms with van der Waals surface area (Å²) in [5.41, 5.74) is 2.05. The van der Waals surface area contributed by atoms with Gasteiger partial charge in [0.2, 0.25) is 0 Å². The molecule has 1 N–H and O–H groups in total. The molecule has 0 aliphatic carbocycles. The maximum absolute atomic E-state index is 12.1. The minimum Gasteiger partial charge on any atom is -0.441 e. The van der Waals surface area contributed by atoms with E-state index in [1.165, 1.54) is 5.56 Å². The summed E-state index contributed by atoms with van der Waals surface area (Å²) in [6.07, 6.45) is 0.905. The number of nitrogens with one attached hydrogen (secondary N) is 1. The molecular formula is C16H22N2O2. The van der Waals surface area contributed by atoms with Crippen LogP contribution >= 0.6 is 0 Å². The molecule has 0 saturated carbocycles. The number of amides is 1. The smallest absolute Gasteiger partial charge is 0.410 e. The molecule has 2 aliphatic rings. The van der Waals surface area contributed by atoms with E-state index in [-0.39, 0.29) is 11.7 Å². The van der Waals surface area contributed by atoms with Gasteiger partial charge in [-0.05, 0) is 32.4 Å². The Hall–Kier alpha value is -1.55. The van der Waals surface area contributed by atoms with Crippen LogP contribution in [0.2, 0.25) is 0 Å². The Morgan fingerprint density at radius 3 is 2.80 bits per heavy atom. The van der Waals surface area contributed by atoms with E-state index in [0.29, 0.717) is 19.0 Å². The molecule has 1 aromatic carbocycles. The van der Waals surface area contributed by atoms with Crippen molar-refractivity contribution < 1.29 is 9.53 Å². The van der Waals surface area contributed by atoms with E-state index < -0.39 is 0 Å². The van der Waals surface area contributed by atoms with Crippen molar-refractivity contribution in [2.45, 2.75) is 32.4 Å². The topological polar surface area (TPSA) is 41.6 Å². The van der Waals surface area contributed by atoms with E-state index in [2.05, 4.69) is 43.4 Å². The predicted octanol–water partition coefficient (Wildman–Crippen LogP) is 2.32. The van der Waals surface area contributed by atoms with Crippen molar-refractivity contribution in [3.05, 3.63) is 35.4 Å². The molecule has 0 spiro atoms. The molecule has 0 aromatic heterocycles. The van der Waals surface area contributed by atoms with E-state index in [1.807, 2.05) is 4.90 Å². The number of carbonyl (C=O) groups excluding carboxylic acids is 1. The molecule has 0 radical (unpaired) electrons. The molecule has 2 unspecified atom stereocenters. The monoisotopic (exact) mass is 274 g/mol. The number of ether oxygens (including phenoxy) is 1. The molecule has 1 amide bonds. The normalized spacial score (nSPS) is 29.8. The van der Waals surface area contributed by atoms with Crippen LogP contribution in [0.3, 0.4) is 0 Å². The molecule has 3 rings (SSSR count). The van der Waals surface area contributed by atoms with Crippen molar-refractivity contribution in [3.8, 4) is 0 Å². The van der Waals surface area contributed by atoms with Gasteiger partial charge in [0.05, 0.1) is 6.54 Å². The molecule has 108 valence electrons. The minimum atomic E-state index is -0.342. The number of hydrogen-bond donors (Lipinski definition) is 1. The third-order valence-electron chi connectivity index (χ3n) is 4.50. The van der Waals surface area contributed by atoms with E-state index in [9.17, 15) is 4.79 Å². The van der Waals surface area contributed by atoms with Crippen molar-refractivity contribution in [1.82, 2.24) is 10.2 Å². The highest BCUT2D eigenvalue weighted by molar-refractivity contribution is 5.70. The van der Waals surface area contributed by atoms with Gasteiger partial charge in [-0.1, -0.05) is 29.8 Å². The maximum atomic E-state index is 12.1. The highest BCUT2D eigenvalue weighted by Gasteiger charge is 2.47. The van der Waals surface area contributed by atoms with Crippen LogP contribution in [0.15, 0.2) is 24.3 Å². The molecule has 2 aliphatic heterocycles. The molecule has 4 heteroatoms. The van der Waals surface area contributed by atoms with Crippen molar-refractivity contribution >= 4 is 6.09 Å². The highest BCUT2D eigenvalue weighted by Crippen LogP contribution is 2.34. The van der Waals surface area contributed by atoms with Crippen molar-refractivity contribution in [2.75, 3.05) is 19.6 Å². The zero-order valence-corrected chi connectivity index (χ0v) is 12.2. The fraction of sp³-hybridized carbons (Fsp3) is 0.562. The van der Waals surface area contributed by atoms with Gasteiger partial charge in [0.15, 0.2) is 0 Å². The van der Waals surface area contributed by atoms with E-state index in [0.717, 1.165) is 25.1 Å². The lowest BCUT2D eigenvalue weighted by Crippen LogP contribution is -2.40. The molecule has 0 bridgehead atoms. The average molecular weight is 274 g/mol. The summed E-state index contributed by atoms with van der Waals surface area (Å²) in [5, 5.41) is 3.35. The van der Waals surface area contributed by atoms with Crippen LogP contribution in [0.4, 0.5) is 4.79 Å². The summed E-state index contributed by atoms with van der Waals surface area (Å²) in [4.78, 5) is 13.9. The van der Waals surface area contributed by atoms with Crippen LogP contribution in [0.25, 0.3) is 0 Å². The van der Waals surface area contributed by atoms with Gasteiger partial charge in [-0.15, -0.1) is 0 Å². The Morgan fingerprint density at radius 1 is 1.40 bits per heavy atom. The van der Waals surface area contributed by atoms with Gasteiger partial charge in [-0.25, -0.2) is 4.79 Å². The molecule has 20 heavy (non-hydrogen) atoms. The molecular weight excluding hydrogens is 252 g/mol. The Morgan fingerprint density at radius 2 is 2.15 bits per heavy atom. The van der Waals surface area contributed by atoms with E-state index in [1.54, 1.807) is 0 Å². The molecule has 2 fully saturated rings. The van der Waals surface area contributed by atoms with Crippen molar-refractivity contribution in [2.24, 2.45) is 5.92 Å². The summed E-state index contributed by atoms with van der Waals surface area (Å²) in [6, 6.07) is 8.32. The fourth-order valence-corrected chi connectivity index (χ4v) is 3.16. The molecule has 4 nitrogen and oxygen atoms in total. The predicted molar refractivity (Wildman–Crippen MR) is 77.5 cm³/mol. The Labute approximate surface area is 120 Å². The van der Waals surface area contributed by atoms with Crippen LogP contribution < -0.4 is 5.32 Å².